The Bertz CT molecular complexity index is 410. The van der Waals surface area contributed by atoms with E-state index in [2.05, 4.69) is 0 Å². The molecule has 0 saturated heterocycles. The lowest BCUT2D eigenvalue weighted by Gasteiger charge is -2.07. The molecular weight excluding hydrogens is 182 g/mol. The van der Waals surface area contributed by atoms with Crippen LogP contribution in [0.1, 0.15) is 11.7 Å². The van der Waals surface area contributed by atoms with Crippen LogP contribution in [-0.2, 0) is 0 Å². The Morgan fingerprint density at radius 2 is 2.23 bits per heavy atom. The van der Waals surface area contributed by atoms with Crippen molar-refractivity contribution in [2.75, 3.05) is 6.54 Å². The zero-order valence-corrected chi connectivity index (χ0v) is 7.92. The van der Waals surface area contributed by atoms with Crippen LogP contribution in [0.5, 0.6) is 0 Å². The Labute approximate surface area is 80.6 Å². The van der Waals surface area contributed by atoms with Crippen LogP contribution in [0.2, 0.25) is 0 Å². The van der Waals surface area contributed by atoms with E-state index in [1.54, 1.807) is 11.3 Å². The molecule has 0 aliphatic rings. The number of aliphatic hydroxyl groups is 1. The summed E-state index contributed by atoms with van der Waals surface area (Å²) >= 11 is 1.70. The Kier molecular flexibility index (Phi) is 2.31. The number of hydrogen-bond donors (Lipinski definition) is 2. The average molecular weight is 193 g/mol. The van der Waals surface area contributed by atoms with E-state index in [1.807, 2.05) is 29.6 Å². The van der Waals surface area contributed by atoms with Gasteiger partial charge in [0, 0.05) is 11.2 Å². The first kappa shape index (κ1) is 8.69. The van der Waals surface area contributed by atoms with Crippen molar-refractivity contribution in [3.8, 4) is 0 Å². The molecule has 68 valence electrons. The fourth-order valence-corrected chi connectivity index (χ4v) is 2.10. The maximum atomic E-state index is 9.50. The summed E-state index contributed by atoms with van der Waals surface area (Å²) in [5, 5.41) is 12.7. The summed E-state index contributed by atoms with van der Waals surface area (Å²) in [6.07, 6.45) is -0.538. The summed E-state index contributed by atoms with van der Waals surface area (Å²) in [6, 6.07) is 7.99. The van der Waals surface area contributed by atoms with E-state index in [-0.39, 0.29) is 6.54 Å². The first-order valence-corrected chi connectivity index (χ1v) is 5.04. The van der Waals surface area contributed by atoms with Gasteiger partial charge in [-0.05, 0) is 34.5 Å². The number of benzene rings is 1. The molecule has 0 aliphatic carbocycles. The number of aliphatic hydroxyl groups excluding tert-OH is 1. The molecule has 0 fully saturated rings. The van der Waals surface area contributed by atoms with Gasteiger partial charge in [0.25, 0.3) is 0 Å². The van der Waals surface area contributed by atoms with Crippen molar-refractivity contribution >= 4 is 21.4 Å². The highest BCUT2D eigenvalue weighted by molar-refractivity contribution is 7.17. The minimum atomic E-state index is -0.538. The van der Waals surface area contributed by atoms with Gasteiger partial charge in [-0.15, -0.1) is 11.3 Å². The number of thiophene rings is 1. The van der Waals surface area contributed by atoms with Crippen LogP contribution in [0.3, 0.4) is 0 Å². The van der Waals surface area contributed by atoms with E-state index >= 15 is 0 Å². The Morgan fingerprint density at radius 3 is 3.00 bits per heavy atom. The van der Waals surface area contributed by atoms with Gasteiger partial charge in [0.2, 0.25) is 0 Å². The number of hydrogen-bond acceptors (Lipinski definition) is 3. The maximum Gasteiger partial charge on any atom is 0.0912 e. The van der Waals surface area contributed by atoms with Crippen molar-refractivity contribution < 1.29 is 5.11 Å². The standard InChI is InChI=1S/C10H11NOS/c11-6-9(12)7-1-2-10-8(5-7)3-4-13-10/h1-5,9,12H,6,11H2/t9-/m0/s1. The molecule has 2 aromatic rings. The van der Waals surface area contributed by atoms with Crippen molar-refractivity contribution in [3.05, 3.63) is 35.2 Å². The summed E-state index contributed by atoms with van der Waals surface area (Å²) in [4.78, 5) is 0. The first-order valence-electron chi connectivity index (χ1n) is 4.16. The van der Waals surface area contributed by atoms with Gasteiger partial charge in [-0.25, -0.2) is 0 Å². The van der Waals surface area contributed by atoms with E-state index in [0.29, 0.717) is 0 Å². The van der Waals surface area contributed by atoms with Crippen LogP contribution in [0.15, 0.2) is 29.6 Å². The van der Waals surface area contributed by atoms with Gasteiger partial charge < -0.3 is 10.8 Å². The van der Waals surface area contributed by atoms with Crippen molar-refractivity contribution in [2.24, 2.45) is 5.73 Å². The minimum absolute atomic E-state index is 0.273. The molecule has 3 heteroatoms. The van der Waals surface area contributed by atoms with Gasteiger partial charge in [-0.2, -0.15) is 0 Å². The first-order chi connectivity index (χ1) is 6.31. The third kappa shape index (κ3) is 1.58. The smallest absolute Gasteiger partial charge is 0.0912 e. The normalized spacial score (nSPS) is 13.4. The van der Waals surface area contributed by atoms with Crippen molar-refractivity contribution in [3.63, 3.8) is 0 Å². The Balaban J connectivity index is 2.48. The average Bonchev–Trinajstić information content (AvgIpc) is 2.63. The second kappa shape index (κ2) is 3.46. The van der Waals surface area contributed by atoms with Gasteiger partial charge in [0.1, 0.15) is 0 Å². The van der Waals surface area contributed by atoms with Gasteiger partial charge in [-0.1, -0.05) is 6.07 Å². The lowest BCUT2D eigenvalue weighted by molar-refractivity contribution is 0.187. The van der Waals surface area contributed by atoms with Crippen LogP contribution < -0.4 is 5.73 Å². The molecule has 0 saturated carbocycles. The summed E-state index contributed by atoms with van der Waals surface area (Å²) in [7, 11) is 0. The summed E-state index contributed by atoms with van der Waals surface area (Å²) in [5.74, 6) is 0. The Morgan fingerprint density at radius 1 is 1.38 bits per heavy atom. The number of rotatable bonds is 2. The largest absolute Gasteiger partial charge is 0.387 e. The molecule has 0 spiro atoms. The predicted molar refractivity (Wildman–Crippen MR) is 55.8 cm³/mol. The lowest BCUT2D eigenvalue weighted by Crippen LogP contribution is -2.11. The fourth-order valence-electron chi connectivity index (χ4n) is 1.33. The van der Waals surface area contributed by atoms with E-state index in [0.717, 1.165) is 5.56 Å². The highest BCUT2D eigenvalue weighted by Crippen LogP contribution is 2.24. The quantitative estimate of drug-likeness (QED) is 0.765. The molecule has 1 atom stereocenters. The molecule has 2 rings (SSSR count). The zero-order chi connectivity index (χ0) is 9.26. The lowest BCUT2D eigenvalue weighted by atomic mass is 10.1. The van der Waals surface area contributed by atoms with Crippen molar-refractivity contribution in [1.29, 1.82) is 0 Å². The highest BCUT2D eigenvalue weighted by atomic mass is 32.1. The predicted octanol–water partition coefficient (Wildman–Crippen LogP) is 1.89. The van der Waals surface area contributed by atoms with Crippen LogP contribution in [0.25, 0.3) is 10.1 Å². The summed E-state index contributed by atoms with van der Waals surface area (Å²) < 4.78 is 1.24. The third-order valence-corrected chi connectivity index (χ3v) is 2.98. The molecular formula is C10H11NOS. The fraction of sp³-hybridized carbons (Fsp3) is 0.200. The van der Waals surface area contributed by atoms with E-state index in [1.165, 1.54) is 10.1 Å². The van der Waals surface area contributed by atoms with Crippen molar-refractivity contribution in [1.82, 2.24) is 0 Å². The molecule has 0 radical (unpaired) electrons. The van der Waals surface area contributed by atoms with Gasteiger partial charge in [0.15, 0.2) is 0 Å². The number of fused-ring (bicyclic) bond motifs is 1. The second-order valence-corrected chi connectivity index (χ2v) is 3.92. The van der Waals surface area contributed by atoms with E-state index in [4.69, 9.17) is 5.73 Å². The molecule has 3 N–H and O–H groups in total. The van der Waals surface area contributed by atoms with E-state index in [9.17, 15) is 5.11 Å². The summed E-state index contributed by atoms with van der Waals surface area (Å²) in [6.45, 7) is 0.273. The molecule has 2 nitrogen and oxygen atoms in total. The minimum Gasteiger partial charge on any atom is -0.387 e. The molecule has 0 aliphatic heterocycles. The van der Waals surface area contributed by atoms with Gasteiger partial charge in [0.05, 0.1) is 6.10 Å². The topological polar surface area (TPSA) is 46.2 Å². The zero-order valence-electron chi connectivity index (χ0n) is 7.10. The monoisotopic (exact) mass is 193 g/mol. The molecule has 1 aromatic heterocycles. The maximum absolute atomic E-state index is 9.50. The third-order valence-electron chi connectivity index (χ3n) is 2.08. The van der Waals surface area contributed by atoms with Gasteiger partial charge in [-0.3, -0.25) is 0 Å². The molecule has 0 unspecified atom stereocenters. The SMILES string of the molecule is NC[C@H](O)c1ccc2sccc2c1. The van der Waals surface area contributed by atoms with Crippen LogP contribution in [0.4, 0.5) is 0 Å². The Hall–Kier alpha value is -0.900. The van der Waals surface area contributed by atoms with Crippen LogP contribution in [-0.4, -0.2) is 11.7 Å². The van der Waals surface area contributed by atoms with Crippen LogP contribution in [0, 0.1) is 0 Å². The van der Waals surface area contributed by atoms with E-state index < -0.39 is 6.10 Å². The molecule has 1 heterocycles. The van der Waals surface area contributed by atoms with Crippen molar-refractivity contribution in [2.45, 2.75) is 6.10 Å². The highest BCUT2D eigenvalue weighted by Gasteiger charge is 2.05. The number of nitrogens with two attached hydrogens (primary N) is 1. The molecule has 0 amide bonds. The molecule has 1 aromatic carbocycles. The molecule has 0 bridgehead atoms. The molecule has 13 heavy (non-hydrogen) atoms. The van der Waals surface area contributed by atoms with Gasteiger partial charge >= 0.3 is 0 Å². The van der Waals surface area contributed by atoms with Crippen LogP contribution >= 0.6 is 11.3 Å². The second-order valence-electron chi connectivity index (χ2n) is 2.97. The summed E-state index contributed by atoms with van der Waals surface area (Å²) in [5.41, 5.74) is 6.27.